The van der Waals surface area contributed by atoms with Gasteiger partial charge in [-0.05, 0) is 48.9 Å². The lowest BCUT2D eigenvalue weighted by atomic mass is 10.1. The first-order valence-electron chi connectivity index (χ1n) is 6.74. The third-order valence-corrected chi connectivity index (χ3v) is 5.33. The second-order valence-electron chi connectivity index (χ2n) is 5.37. The molecule has 1 aliphatic rings. The Morgan fingerprint density at radius 3 is 2.58 bits per heavy atom. The number of benzene rings is 1. The summed E-state index contributed by atoms with van der Waals surface area (Å²) in [5.74, 6) is 0.723. The summed E-state index contributed by atoms with van der Waals surface area (Å²) in [5, 5.41) is 0. The van der Waals surface area contributed by atoms with Crippen LogP contribution in [-0.4, -0.2) is 15.0 Å². The highest BCUT2D eigenvalue weighted by Gasteiger charge is 2.23. The van der Waals surface area contributed by atoms with Crippen molar-refractivity contribution in [2.45, 2.75) is 44.6 Å². The molecule has 0 aliphatic heterocycles. The Morgan fingerprint density at radius 2 is 2.00 bits per heavy atom. The zero-order valence-electron chi connectivity index (χ0n) is 11.6. The summed E-state index contributed by atoms with van der Waals surface area (Å²) < 4.78 is 27.3. The van der Waals surface area contributed by atoms with Crippen LogP contribution in [-0.2, 0) is 16.6 Å². The first-order valence-corrected chi connectivity index (χ1v) is 8.22. The molecule has 19 heavy (non-hydrogen) atoms. The Balaban J connectivity index is 2.19. The molecule has 0 radical (unpaired) electrons. The van der Waals surface area contributed by atoms with Gasteiger partial charge in [0.05, 0.1) is 4.90 Å². The Bertz CT molecular complexity index is 563. The number of hydrogen-bond donors (Lipinski definition) is 2. The lowest BCUT2D eigenvalue weighted by Crippen LogP contribution is -2.26. The molecule has 1 saturated carbocycles. The first kappa shape index (κ1) is 14.5. The van der Waals surface area contributed by atoms with Crippen LogP contribution in [0.1, 0.15) is 36.0 Å². The topological polar surface area (TPSA) is 72.2 Å². The van der Waals surface area contributed by atoms with Crippen molar-refractivity contribution in [3.63, 3.8) is 0 Å². The van der Waals surface area contributed by atoms with Crippen molar-refractivity contribution in [1.29, 1.82) is 0 Å². The predicted molar refractivity (Wildman–Crippen MR) is 76.3 cm³/mol. The van der Waals surface area contributed by atoms with Gasteiger partial charge in [0.25, 0.3) is 0 Å². The molecule has 1 aromatic rings. The first-order chi connectivity index (χ1) is 8.94. The molecule has 3 N–H and O–H groups in total. The maximum absolute atomic E-state index is 12.3. The molecule has 4 nitrogen and oxygen atoms in total. The van der Waals surface area contributed by atoms with Crippen LogP contribution in [0.4, 0.5) is 0 Å². The monoisotopic (exact) mass is 282 g/mol. The standard InChI is InChI=1S/C14H22N2O2S/c1-10-7-13(9-15)8-14(11(10)2)19(17,18)16-6-5-12-3-4-12/h7-8,12,16H,3-6,9,15H2,1-2H3. The van der Waals surface area contributed by atoms with Gasteiger partial charge in [-0.25, -0.2) is 13.1 Å². The molecule has 1 aliphatic carbocycles. The fourth-order valence-corrected chi connectivity index (χ4v) is 3.59. The fourth-order valence-electron chi connectivity index (χ4n) is 2.18. The molecular weight excluding hydrogens is 260 g/mol. The summed E-state index contributed by atoms with van der Waals surface area (Å²) in [7, 11) is -3.42. The van der Waals surface area contributed by atoms with Crippen LogP contribution >= 0.6 is 0 Å². The summed E-state index contributed by atoms with van der Waals surface area (Å²) in [5.41, 5.74) is 8.23. The molecule has 0 heterocycles. The second kappa shape index (κ2) is 5.61. The molecule has 0 unspecified atom stereocenters. The van der Waals surface area contributed by atoms with E-state index in [9.17, 15) is 8.42 Å². The molecule has 0 aromatic heterocycles. The van der Waals surface area contributed by atoms with E-state index in [2.05, 4.69) is 4.72 Å². The van der Waals surface area contributed by atoms with E-state index in [4.69, 9.17) is 5.73 Å². The van der Waals surface area contributed by atoms with Gasteiger partial charge < -0.3 is 5.73 Å². The zero-order chi connectivity index (χ0) is 14.0. The Kier molecular flexibility index (Phi) is 4.28. The van der Waals surface area contributed by atoms with Crippen LogP contribution in [0, 0.1) is 19.8 Å². The number of aryl methyl sites for hydroxylation is 1. The van der Waals surface area contributed by atoms with Crippen LogP contribution in [0.2, 0.25) is 0 Å². The number of nitrogens with two attached hydrogens (primary N) is 1. The van der Waals surface area contributed by atoms with Crippen molar-refractivity contribution in [2.75, 3.05) is 6.54 Å². The molecule has 1 aromatic carbocycles. The van der Waals surface area contributed by atoms with E-state index in [1.54, 1.807) is 6.07 Å². The van der Waals surface area contributed by atoms with E-state index in [0.717, 1.165) is 29.0 Å². The summed E-state index contributed by atoms with van der Waals surface area (Å²) in [6.07, 6.45) is 3.42. The van der Waals surface area contributed by atoms with Crippen molar-refractivity contribution in [2.24, 2.45) is 11.7 Å². The molecule has 1 fully saturated rings. The van der Waals surface area contributed by atoms with Crippen molar-refractivity contribution in [3.8, 4) is 0 Å². The normalized spacial score (nSPS) is 15.7. The maximum atomic E-state index is 12.3. The largest absolute Gasteiger partial charge is 0.326 e. The minimum atomic E-state index is -3.42. The third-order valence-electron chi connectivity index (χ3n) is 3.75. The third kappa shape index (κ3) is 3.55. The van der Waals surface area contributed by atoms with Gasteiger partial charge in [-0.15, -0.1) is 0 Å². The minimum absolute atomic E-state index is 0.353. The maximum Gasteiger partial charge on any atom is 0.240 e. The van der Waals surface area contributed by atoms with E-state index >= 15 is 0 Å². The van der Waals surface area contributed by atoms with Gasteiger partial charge in [0, 0.05) is 13.1 Å². The predicted octanol–water partition coefficient (Wildman–Crippen LogP) is 1.84. The van der Waals surface area contributed by atoms with E-state index in [0.29, 0.717) is 18.0 Å². The summed E-state index contributed by atoms with van der Waals surface area (Å²) in [6.45, 7) is 4.63. The number of sulfonamides is 1. The average molecular weight is 282 g/mol. The highest BCUT2D eigenvalue weighted by molar-refractivity contribution is 7.89. The van der Waals surface area contributed by atoms with Crippen LogP contribution < -0.4 is 10.5 Å². The summed E-state index contributed by atoms with van der Waals surface area (Å²) in [6, 6.07) is 3.63. The number of nitrogens with one attached hydrogen (secondary N) is 1. The average Bonchev–Trinajstić information content (AvgIpc) is 3.16. The van der Waals surface area contributed by atoms with Gasteiger partial charge >= 0.3 is 0 Å². The Hall–Kier alpha value is -0.910. The highest BCUT2D eigenvalue weighted by atomic mass is 32.2. The number of hydrogen-bond acceptors (Lipinski definition) is 3. The molecular formula is C14H22N2O2S. The molecule has 2 rings (SSSR count). The van der Waals surface area contributed by atoms with Gasteiger partial charge in [0.1, 0.15) is 0 Å². The lowest BCUT2D eigenvalue weighted by Gasteiger charge is -2.13. The molecule has 106 valence electrons. The van der Waals surface area contributed by atoms with Crippen molar-refractivity contribution >= 4 is 10.0 Å². The Morgan fingerprint density at radius 1 is 1.32 bits per heavy atom. The Labute approximate surface area is 115 Å². The van der Waals surface area contributed by atoms with Gasteiger partial charge in [0.2, 0.25) is 10.0 Å². The smallest absolute Gasteiger partial charge is 0.240 e. The molecule has 0 atom stereocenters. The minimum Gasteiger partial charge on any atom is -0.326 e. The zero-order valence-corrected chi connectivity index (χ0v) is 12.4. The van der Waals surface area contributed by atoms with Crippen molar-refractivity contribution in [3.05, 3.63) is 28.8 Å². The number of rotatable bonds is 6. The van der Waals surface area contributed by atoms with Crippen LogP contribution in [0.25, 0.3) is 0 Å². The SMILES string of the molecule is Cc1cc(CN)cc(S(=O)(=O)NCCC2CC2)c1C. The fraction of sp³-hybridized carbons (Fsp3) is 0.571. The van der Waals surface area contributed by atoms with Gasteiger partial charge in [-0.2, -0.15) is 0 Å². The molecule has 0 amide bonds. The van der Waals surface area contributed by atoms with Gasteiger partial charge in [-0.1, -0.05) is 18.9 Å². The molecule has 5 heteroatoms. The van der Waals surface area contributed by atoms with Gasteiger partial charge in [-0.3, -0.25) is 0 Å². The highest BCUT2D eigenvalue weighted by Crippen LogP contribution is 2.32. The van der Waals surface area contributed by atoms with E-state index in [-0.39, 0.29) is 0 Å². The molecule has 0 bridgehead atoms. The van der Waals surface area contributed by atoms with Crippen molar-refractivity contribution in [1.82, 2.24) is 4.72 Å². The summed E-state index contributed by atoms with van der Waals surface area (Å²) >= 11 is 0. The van der Waals surface area contributed by atoms with Gasteiger partial charge in [0.15, 0.2) is 0 Å². The molecule has 0 spiro atoms. The van der Waals surface area contributed by atoms with Crippen LogP contribution in [0.15, 0.2) is 17.0 Å². The van der Waals surface area contributed by atoms with E-state index in [1.807, 2.05) is 19.9 Å². The lowest BCUT2D eigenvalue weighted by molar-refractivity contribution is 0.574. The van der Waals surface area contributed by atoms with Crippen molar-refractivity contribution < 1.29 is 8.42 Å². The van der Waals surface area contributed by atoms with Crippen LogP contribution in [0.5, 0.6) is 0 Å². The van der Waals surface area contributed by atoms with E-state index < -0.39 is 10.0 Å². The second-order valence-corrected chi connectivity index (χ2v) is 7.11. The molecule has 0 saturated heterocycles. The van der Waals surface area contributed by atoms with E-state index in [1.165, 1.54) is 12.8 Å². The van der Waals surface area contributed by atoms with Crippen LogP contribution in [0.3, 0.4) is 0 Å². The summed E-state index contributed by atoms with van der Waals surface area (Å²) in [4.78, 5) is 0.365. The quantitative estimate of drug-likeness (QED) is 0.836.